The molecular formula is C30H37Cl2N5O5. The quantitative estimate of drug-likeness (QED) is 0.304. The van der Waals surface area contributed by atoms with Crippen molar-refractivity contribution < 1.29 is 24.0 Å². The van der Waals surface area contributed by atoms with Crippen molar-refractivity contribution in [2.75, 3.05) is 37.4 Å². The van der Waals surface area contributed by atoms with Gasteiger partial charge in [0.05, 0.1) is 29.1 Å². The summed E-state index contributed by atoms with van der Waals surface area (Å²) in [5.74, 6) is 0.885. The lowest BCUT2D eigenvalue weighted by Crippen LogP contribution is -2.47. The van der Waals surface area contributed by atoms with Crippen molar-refractivity contribution in [3.05, 3.63) is 69.0 Å². The predicted molar refractivity (Wildman–Crippen MR) is 163 cm³/mol. The lowest BCUT2D eigenvalue weighted by molar-refractivity contribution is -0.134. The summed E-state index contributed by atoms with van der Waals surface area (Å²) in [6.07, 6.45) is -0.225. The van der Waals surface area contributed by atoms with Crippen LogP contribution in [-0.2, 0) is 17.8 Å². The third kappa shape index (κ3) is 7.74. The number of rotatable bonds is 8. The molecule has 3 atom stereocenters. The number of ether oxygens (including phenoxy) is 1. The van der Waals surface area contributed by atoms with E-state index in [4.69, 9.17) is 32.5 Å². The van der Waals surface area contributed by atoms with Crippen LogP contribution in [0, 0.1) is 19.8 Å². The first-order valence-electron chi connectivity index (χ1n) is 13.8. The maximum absolute atomic E-state index is 13.5. The maximum atomic E-state index is 13.5. The summed E-state index contributed by atoms with van der Waals surface area (Å²) >= 11 is 12.3. The Morgan fingerprint density at radius 1 is 1.19 bits per heavy atom. The minimum atomic E-state index is -0.467. The summed E-state index contributed by atoms with van der Waals surface area (Å²) in [6.45, 7) is 8.77. The highest BCUT2D eigenvalue weighted by Gasteiger charge is 2.31. The Kier molecular flexibility index (Phi) is 10.4. The summed E-state index contributed by atoms with van der Waals surface area (Å²) < 4.78 is 11.7. The Bertz CT molecular complexity index is 1410. The van der Waals surface area contributed by atoms with Gasteiger partial charge in [-0.25, -0.2) is 4.79 Å². The van der Waals surface area contributed by atoms with Crippen LogP contribution in [0.2, 0.25) is 10.0 Å². The van der Waals surface area contributed by atoms with E-state index >= 15 is 0 Å². The smallest absolute Gasteiger partial charge is 0.323 e. The highest BCUT2D eigenvalue weighted by molar-refractivity contribution is 6.42. The van der Waals surface area contributed by atoms with Gasteiger partial charge < -0.3 is 29.9 Å². The monoisotopic (exact) mass is 617 g/mol. The summed E-state index contributed by atoms with van der Waals surface area (Å²) in [5, 5.41) is 20.3. The first-order chi connectivity index (χ1) is 19.9. The Balaban J connectivity index is 1.57. The number of aryl methyl sites for hydroxylation is 2. The van der Waals surface area contributed by atoms with Crippen LogP contribution in [0.3, 0.4) is 0 Å². The van der Waals surface area contributed by atoms with Crippen molar-refractivity contribution in [3.8, 4) is 5.75 Å². The highest BCUT2D eigenvalue weighted by Crippen LogP contribution is 2.30. The molecule has 1 aliphatic heterocycles. The lowest BCUT2D eigenvalue weighted by Gasteiger charge is -2.34. The topological polar surface area (TPSA) is 120 Å². The van der Waals surface area contributed by atoms with Gasteiger partial charge in [-0.15, -0.1) is 0 Å². The van der Waals surface area contributed by atoms with Gasteiger partial charge >= 0.3 is 6.03 Å². The molecule has 0 saturated carbocycles. The van der Waals surface area contributed by atoms with E-state index in [0.717, 1.165) is 5.56 Å². The number of carbonyl (C=O) groups excluding carboxylic acids is 2. The molecular weight excluding hydrogens is 581 g/mol. The number of aromatic nitrogens is 1. The normalized spacial score (nSPS) is 18.0. The second kappa shape index (κ2) is 13.8. The van der Waals surface area contributed by atoms with Crippen LogP contribution in [0.1, 0.15) is 36.4 Å². The number of urea groups is 1. The van der Waals surface area contributed by atoms with Crippen molar-refractivity contribution in [2.45, 2.75) is 52.8 Å². The number of anilines is 2. The molecule has 10 nitrogen and oxygen atoms in total. The molecule has 4 rings (SSSR count). The minimum absolute atomic E-state index is 0.0521. The van der Waals surface area contributed by atoms with Gasteiger partial charge in [-0.3, -0.25) is 9.69 Å². The molecule has 2 heterocycles. The molecule has 1 aromatic heterocycles. The molecule has 0 spiro atoms. The van der Waals surface area contributed by atoms with Crippen LogP contribution in [-0.4, -0.2) is 70.9 Å². The number of hydrogen-bond acceptors (Lipinski definition) is 7. The van der Waals surface area contributed by atoms with Gasteiger partial charge in [0.2, 0.25) is 5.91 Å². The summed E-state index contributed by atoms with van der Waals surface area (Å²) in [7, 11) is 2.00. The zero-order chi connectivity index (χ0) is 30.6. The Hall–Kier alpha value is -3.31. The standard InChI is InChI=1S/C30H37Cl2N5O5/c1-17-13-37(18(2)16-38)28(39)12-22-11-23(33-30(40)34-29-19(3)35-42-20(29)4)7-9-26(22)41-27(17)15-36(5)14-21-6-8-24(31)25(32)10-21/h6-11,17-18,27,38H,12-16H2,1-5H3,(H2,33,34,40)/t17-,18+,27+/m0/s1. The van der Waals surface area contributed by atoms with E-state index in [0.29, 0.717) is 63.8 Å². The van der Waals surface area contributed by atoms with Crippen LogP contribution < -0.4 is 15.4 Å². The number of likely N-dealkylation sites (N-methyl/N-ethyl adjacent to an activating group) is 1. The van der Waals surface area contributed by atoms with Gasteiger partial charge in [-0.05, 0) is 63.7 Å². The molecule has 226 valence electrons. The largest absolute Gasteiger partial charge is 0.488 e. The Labute approximate surface area is 255 Å². The van der Waals surface area contributed by atoms with E-state index in [9.17, 15) is 14.7 Å². The number of nitrogens with one attached hydrogen (secondary N) is 2. The molecule has 2 aromatic carbocycles. The fraction of sp³-hybridized carbons (Fsp3) is 0.433. The molecule has 0 bridgehead atoms. The molecule has 0 radical (unpaired) electrons. The van der Waals surface area contributed by atoms with Crippen LogP contribution in [0.25, 0.3) is 0 Å². The number of benzene rings is 2. The molecule has 3 N–H and O–H groups in total. The molecule has 42 heavy (non-hydrogen) atoms. The van der Waals surface area contributed by atoms with E-state index in [2.05, 4.69) is 20.7 Å². The van der Waals surface area contributed by atoms with E-state index in [-0.39, 0.29) is 37.0 Å². The van der Waals surface area contributed by atoms with E-state index in [1.165, 1.54) is 0 Å². The highest BCUT2D eigenvalue weighted by atomic mass is 35.5. The third-order valence-electron chi connectivity index (χ3n) is 7.37. The molecule has 0 aliphatic carbocycles. The number of carbonyl (C=O) groups is 2. The second-order valence-electron chi connectivity index (χ2n) is 10.9. The molecule has 0 unspecified atom stereocenters. The second-order valence-corrected chi connectivity index (χ2v) is 11.7. The number of aliphatic hydroxyl groups excluding tert-OH is 1. The SMILES string of the molecule is Cc1noc(C)c1NC(=O)Nc1ccc2c(c1)CC(=O)N([C@H](C)CO)C[C@H](C)[C@@H](CN(C)Cc1ccc(Cl)c(Cl)c1)O2. The van der Waals surface area contributed by atoms with Crippen molar-refractivity contribution in [2.24, 2.45) is 5.92 Å². The summed E-state index contributed by atoms with van der Waals surface area (Å²) in [5.41, 5.74) is 3.22. The van der Waals surface area contributed by atoms with Gasteiger partial charge in [0.1, 0.15) is 23.2 Å². The van der Waals surface area contributed by atoms with Crippen molar-refractivity contribution in [1.82, 2.24) is 15.0 Å². The van der Waals surface area contributed by atoms with Crippen LogP contribution in [0.4, 0.5) is 16.2 Å². The lowest BCUT2D eigenvalue weighted by atomic mass is 10.0. The zero-order valence-corrected chi connectivity index (χ0v) is 25.9. The number of nitrogens with zero attached hydrogens (tertiary/aromatic N) is 3. The summed E-state index contributed by atoms with van der Waals surface area (Å²) in [4.78, 5) is 30.1. The fourth-order valence-corrected chi connectivity index (χ4v) is 5.30. The Morgan fingerprint density at radius 2 is 1.95 bits per heavy atom. The van der Waals surface area contributed by atoms with Gasteiger partial charge in [0.15, 0.2) is 5.76 Å². The molecule has 1 aliphatic rings. The van der Waals surface area contributed by atoms with E-state index < -0.39 is 6.03 Å². The maximum Gasteiger partial charge on any atom is 0.323 e. The number of halogens is 2. The van der Waals surface area contributed by atoms with Crippen molar-refractivity contribution in [1.29, 1.82) is 0 Å². The minimum Gasteiger partial charge on any atom is -0.488 e. The van der Waals surface area contributed by atoms with Crippen LogP contribution in [0.15, 0.2) is 40.9 Å². The average molecular weight is 619 g/mol. The number of amides is 3. The first-order valence-corrected chi connectivity index (χ1v) is 14.5. The zero-order valence-electron chi connectivity index (χ0n) is 24.4. The van der Waals surface area contributed by atoms with Crippen molar-refractivity contribution in [3.63, 3.8) is 0 Å². The molecule has 0 fully saturated rings. The van der Waals surface area contributed by atoms with Gasteiger partial charge in [0, 0.05) is 36.8 Å². The van der Waals surface area contributed by atoms with Crippen LogP contribution >= 0.6 is 23.2 Å². The first kappa shape index (κ1) is 31.6. The Morgan fingerprint density at radius 3 is 2.62 bits per heavy atom. The third-order valence-corrected chi connectivity index (χ3v) is 8.11. The fourth-order valence-electron chi connectivity index (χ4n) is 4.98. The van der Waals surface area contributed by atoms with Crippen molar-refractivity contribution >= 4 is 46.5 Å². The van der Waals surface area contributed by atoms with Gasteiger partial charge in [0.25, 0.3) is 0 Å². The molecule has 3 aromatic rings. The average Bonchev–Trinajstić information content (AvgIpc) is 3.27. The molecule has 0 saturated heterocycles. The molecule has 12 heteroatoms. The van der Waals surface area contributed by atoms with Gasteiger partial charge in [-0.2, -0.15) is 0 Å². The van der Waals surface area contributed by atoms with Crippen LogP contribution in [0.5, 0.6) is 5.75 Å². The van der Waals surface area contributed by atoms with E-state index in [1.54, 1.807) is 43.0 Å². The number of aliphatic hydroxyl groups is 1. The summed E-state index contributed by atoms with van der Waals surface area (Å²) in [6, 6.07) is 10.00. The number of hydrogen-bond donors (Lipinski definition) is 3. The predicted octanol–water partition coefficient (Wildman–Crippen LogP) is 5.52. The molecule has 3 amide bonds. The van der Waals surface area contributed by atoms with Gasteiger partial charge in [-0.1, -0.05) is 41.3 Å². The van der Waals surface area contributed by atoms with E-state index in [1.807, 2.05) is 33.0 Å². The number of fused-ring (bicyclic) bond motifs is 1.